The first-order valence-corrected chi connectivity index (χ1v) is 13.9. The van der Waals surface area contributed by atoms with Gasteiger partial charge in [0, 0.05) is 17.5 Å². The third-order valence-corrected chi connectivity index (χ3v) is 8.27. The second kappa shape index (κ2) is 11.4. The van der Waals surface area contributed by atoms with E-state index >= 15 is 0 Å². The molecule has 0 aromatic heterocycles. The van der Waals surface area contributed by atoms with E-state index in [1.54, 1.807) is 20.8 Å². The number of carbonyl (C=O) groups is 2. The van der Waals surface area contributed by atoms with Gasteiger partial charge in [0.2, 0.25) is 11.8 Å². The summed E-state index contributed by atoms with van der Waals surface area (Å²) < 4.78 is 122. The Morgan fingerprint density at radius 3 is 2.05 bits per heavy atom. The molecule has 2 aromatic carbocycles. The van der Waals surface area contributed by atoms with Crippen molar-refractivity contribution in [2.45, 2.75) is 74.5 Å². The summed E-state index contributed by atoms with van der Waals surface area (Å²) in [6.45, 7) is 4.68. The van der Waals surface area contributed by atoms with Gasteiger partial charge in [-0.2, -0.15) is 26.3 Å². The third kappa shape index (κ3) is 6.80. The second-order valence-corrected chi connectivity index (χ2v) is 12.6. The predicted molar refractivity (Wildman–Crippen MR) is 136 cm³/mol. The van der Waals surface area contributed by atoms with Crippen molar-refractivity contribution in [3.05, 3.63) is 59.4 Å². The molecule has 3 rings (SSSR count). The van der Waals surface area contributed by atoms with Crippen molar-refractivity contribution in [1.82, 2.24) is 10.6 Å². The number of hydrogen-bond donors (Lipinski definition) is 3. The molecule has 0 radical (unpaired) electrons. The van der Waals surface area contributed by atoms with E-state index in [0.717, 1.165) is 24.3 Å². The van der Waals surface area contributed by atoms with E-state index in [1.807, 2.05) is 0 Å². The highest BCUT2D eigenvalue weighted by Crippen LogP contribution is 2.51. The predicted octanol–water partition coefficient (Wildman–Crippen LogP) is 4.07. The number of sulfonamides is 1. The van der Waals surface area contributed by atoms with Crippen molar-refractivity contribution >= 4 is 27.5 Å². The molecular weight excluding hydrogens is 599 g/mol. The first kappa shape index (κ1) is 33.1. The van der Waals surface area contributed by atoms with Crippen molar-refractivity contribution in [3.8, 4) is 0 Å². The summed E-state index contributed by atoms with van der Waals surface area (Å²) in [6, 6.07) is 3.73. The Hall–Kier alpha value is -3.40. The molecule has 1 atom stereocenters. The summed E-state index contributed by atoms with van der Waals surface area (Å²) >= 11 is 0. The van der Waals surface area contributed by atoms with Gasteiger partial charge in [-0.1, -0.05) is 12.1 Å². The van der Waals surface area contributed by atoms with E-state index < -0.39 is 80.6 Å². The maximum atomic E-state index is 13.7. The summed E-state index contributed by atoms with van der Waals surface area (Å²) in [4.78, 5) is 24.3. The van der Waals surface area contributed by atoms with Gasteiger partial charge in [-0.25, -0.2) is 12.8 Å². The number of aliphatic hydroxyl groups is 1. The number of benzene rings is 2. The van der Waals surface area contributed by atoms with E-state index in [2.05, 4.69) is 10.6 Å². The van der Waals surface area contributed by atoms with Crippen LogP contribution in [0.3, 0.4) is 0 Å². The van der Waals surface area contributed by atoms with Crippen LogP contribution in [0, 0.1) is 5.82 Å². The number of rotatable bonds is 7. The number of anilines is 1. The smallest absolute Gasteiger partial charge is 0.369 e. The maximum absolute atomic E-state index is 13.7. The van der Waals surface area contributed by atoms with Gasteiger partial charge >= 0.3 is 12.4 Å². The minimum absolute atomic E-state index is 0.227. The van der Waals surface area contributed by atoms with Crippen LogP contribution in [0.25, 0.3) is 0 Å². The largest absolute Gasteiger partial charge is 0.430 e. The van der Waals surface area contributed by atoms with Crippen LogP contribution in [0.2, 0.25) is 0 Å². The lowest BCUT2D eigenvalue weighted by molar-refractivity contribution is -0.376. The number of carbonyl (C=O) groups excluding carboxylic acids is 2. The lowest BCUT2D eigenvalue weighted by Gasteiger charge is -2.39. The number of alkyl halides is 6. The number of hydrogen-bond acceptors (Lipinski definition) is 5. The molecular formula is C26H28F7N3O5S. The zero-order chi connectivity index (χ0) is 31.9. The normalized spacial score (nSPS) is 16.5. The van der Waals surface area contributed by atoms with Crippen LogP contribution >= 0.6 is 0 Å². The first-order chi connectivity index (χ1) is 19.1. The molecule has 0 aliphatic carbocycles. The molecule has 16 heteroatoms. The second-order valence-electron chi connectivity index (χ2n) is 10.8. The van der Waals surface area contributed by atoms with Crippen LogP contribution in [-0.2, 0) is 31.6 Å². The molecule has 232 valence electrons. The fourth-order valence-corrected chi connectivity index (χ4v) is 6.22. The molecule has 0 unspecified atom stereocenters. The van der Waals surface area contributed by atoms with Crippen LogP contribution < -0.4 is 14.9 Å². The Morgan fingerprint density at radius 1 is 0.952 bits per heavy atom. The Balaban J connectivity index is 2.04. The Kier molecular flexibility index (Phi) is 8.95. The first-order valence-electron chi connectivity index (χ1n) is 12.4. The highest BCUT2D eigenvalue weighted by atomic mass is 32.2. The molecule has 1 heterocycles. The lowest BCUT2D eigenvalue weighted by atomic mass is 9.87. The van der Waals surface area contributed by atoms with Crippen molar-refractivity contribution in [2.24, 2.45) is 0 Å². The molecule has 8 nitrogen and oxygen atoms in total. The van der Waals surface area contributed by atoms with Gasteiger partial charge in [0.25, 0.3) is 15.6 Å². The van der Waals surface area contributed by atoms with Gasteiger partial charge in [0.15, 0.2) is 0 Å². The Bertz CT molecular complexity index is 1420. The molecule has 2 aromatic rings. The average Bonchev–Trinajstić information content (AvgIpc) is 2.84. The van der Waals surface area contributed by atoms with Crippen LogP contribution in [-0.4, -0.2) is 55.8 Å². The third-order valence-electron chi connectivity index (χ3n) is 6.39. The summed E-state index contributed by atoms with van der Waals surface area (Å²) in [5.74, 6) is -2.07. The van der Waals surface area contributed by atoms with Gasteiger partial charge < -0.3 is 15.7 Å². The van der Waals surface area contributed by atoms with Crippen molar-refractivity contribution in [3.63, 3.8) is 0 Å². The molecule has 3 N–H and O–H groups in total. The Morgan fingerprint density at radius 2 is 1.52 bits per heavy atom. The zero-order valence-electron chi connectivity index (χ0n) is 22.5. The quantitative estimate of drug-likeness (QED) is 0.401. The van der Waals surface area contributed by atoms with Gasteiger partial charge in [-0.3, -0.25) is 13.9 Å². The number of aryl methyl sites for hydroxylation is 1. The monoisotopic (exact) mass is 627 g/mol. The molecule has 0 saturated carbocycles. The van der Waals surface area contributed by atoms with E-state index in [0.29, 0.717) is 22.5 Å². The summed E-state index contributed by atoms with van der Waals surface area (Å²) in [5, 5.41) is 14.8. The van der Waals surface area contributed by atoms with Crippen LogP contribution in [0.1, 0.15) is 44.7 Å². The van der Waals surface area contributed by atoms with Crippen LogP contribution in [0.4, 0.5) is 36.4 Å². The molecule has 42 heavy (non-hydrogen) atoms. The fourth-order valence-electron chi connectivity index (χ4n) is 4.51. The molecule has 0 spiro atoms. The van der Waals surface area contributed by atoms with Crippen LogP contribution in [0.5, 0.6) is 0 Å². The van der Waals surface area contributed by atoms with Gasteiger partial charge in [0.1, 0.15) is 5.82 Å². The van der Waals surface area contributed by atoms with Crippen molar-refractivity contribution in [2.75, 3.05) is 10.8 Å². The minimum Gasteiger partial charge on any atom is -0.369 e. The number of nitrogens with one attached hydrogen (secondary N) is 2. The number of fused-ring (bicyclic) bond motifs is 1. The zero-order valence-corrected chi connectivity index (χ0v) is 23.3. The van der Waals surface area contributed by atoms with Gasteiger partial charge in [-0.15, -0.1) is 0 Å². The molecule has 2 amide bonds. The number of amides is 2. The molecule has 0 saturated heterocycles. The summed E-state index contributed by atoms with van der Waals surface area (Å²) in [7, 11) is -4.65. The van der Waals surface area contributed by atoms with Gasteiger partial charge in [-0.05, 0) is 69.5 Å². The van der Waals surface area contributed by atoms with E-state index in [1.165, 1.54) is 0 Å². The summed E-state index contributed by atoms with van der Waals surface area (Å²) in [5.41, 5.74) is -8.00. The van der Waals surface area contributed by atoms with E-state index in [4.69, 9.17) is 0 Å². The maximum Gasteiger partial charge on any atom is 0.430 e. The fraction of sp³-hybridized carbons (Fsp3) is 0.462. The van der Waals surface area contributed by atoms with Gasteiger partial charge in [0.05, 0.1) is 23.2 Å². The van der Waals surface area contributed by atoms with Crippen LogP contribution in [0.15, 0.2) is 47.4 Å². The highest BCUT2D eigenvalue weighted by Gasteiger charge is 2.71. The standard InChI is InChI=1S/C26H28F7N3O5S/c1-23(2,3)35-22(38)14-34-21(37)13-18-8-4-15-12-16(24(39,25(28,29)30)26(31,32)33)5-11-20(15)36(18)42(40,41)19-9-6-17(27)7-10-19/h5-7,9-12,18,39H,4,8,13-14H2,1-3H3,(H,34,37)(H,35,38)/t18-/m0/s1. The van der Waals surface area contributed by atoms with Crippen molar-refractivity contribution in [1.29, 1.82) is 0 Å². The minimum atomic E-state index is -6.16. The summed E-state index contributed by atoms with van der Waals surface area (Å²) in [6.07, 6.45) is -13.3. The van der Waals surface area contributed by atoms with E-state index in [-0.39, 0.29) is 24.1 Å². The van der Waals surface area contributed by atoms with E-state index in [9.17, 15) is 53.8 Å². The molecule has 0 fully saturated rings. The topological polar surface area (TPSA) is 116 Å². The Labute approximate surface area is 236 Å². The number of halogens is 7. The SMILES string of the molecule is CC(C)(C)NC(=O)CNC(=O)C[C@@H]1CCc2cc(C(O)(C(F)(F)F)C(F)(F)F)ccc2N1S(=O)(=O)c1ccc(F)cc1. The highest BCUT2D eigenvalue weighted by molar-refractivity contribution is 7.92. The molecule has 0 bridgehead atoms. The molecule has 1 aliphatic rings. The lowest BCUT2D eigenvalue weighted by Crippen LogP contribution is -2.54. The number of nitrogens with zero attached hydrogens (tertiary/aromatic N) is 1. The molecule has 1 aliphatic heterocycles. The van der Waals surface area contributed by atoms with Crippen molar-refractivity contribution < 1.29 is 53.8 Å². The average molecular weight is 628 g/mol.